The second-order valence-electron chi connectivity index (χ2n) is 4.87. The molecule has 98 valence electrons. The van der Waals surface area contributed by atoms with E-state index in [4.69, 9.17) is 11.6 Å². The van der Waals surface area contributed by atoms with E-state index in [2.05, 4.69) is 29.2 Å². The van der Waals surface area contributed by atoms with Crippen molar-refractivity contribution < 1.29 is 5.11 Å². The van der Waals surface area contributed by atoms with Crippen molar-refractivity contribution in [1.82, 2.24) is 0 Å². The fraction of sp³-hybridized carbons (Fsp3) is 0.250. The van der Waals surface area contributed by atoms with Gasteiger partial charge in [0.25, 0.3) is 0 Å². The first kappa shape index (κ1) is 12.5. The van der Waals surface area contributed by atoms with Gasteiger partial charge in [0.05, 0.1) is 6.61 Å². The van der Waals surface area contributed by atoms with Crippen LogP contribution in [0.5, 0.6) is 0 Å². The molecule has 1 aliphatic heterocycles. The summed E-state index contributed by atoms with van der Waals surface area (Å²) in [4.78, 5) is 2.29. The van der Waals surface area contributed by atoms with Crippen LogP contribution in [0.4, 0.5) is 5.69 Å². The van der Waals surface area contributed by atoms with Gasteiger partial charge >= 0.3 is 0 Å². The Bertz CT molecular complexity index is 597. The molecule has 0 fully saturated rings. The van der Waals surface area contributed by atoms with Crippen LogP contribution in [0.15, 0.2) is 42.5 Å². The summed E-state index contributed by atoms with van der Waals surface area (Å²) in [6.07, 6.45) is 1.04. The molecule has 0 saturated carbocycles. The summed E-state index contributed by atoms with van der Waals surface area (Å²) in [7, 11) is 0. The summed E-state index contributed by atoms with van der Waals surface area (Å²) in [6, 6.07) is 14.2. The van der Waals surface area contributed by atoms with E-state index in [1.54, 1.807) is 0 Å². The highest BCUT2D eigenvalue weighted by Gasteiger charge is 2.18. The zero-order valence-electron chi connectivity index (χ0n) is 10.6. The fourth-order valence-corrected chi connectivity index (χ4v) is 2.83. The van der Waals surface area contributed by atoms with Gasteiger partial charge in [0.1, 0.15) is 0 Å². The molecule has 2 nitrogen and oxygen atoms in total. The highest BCUT2D eigenvalue weighted by atomic mass is 35.5. The van der Waals surface area contributed by atoms with Gasteiger partial charge in [-0.05, 0) is 29.7 Å². The zero-order valence-corrected chi connectivity index (χ0v) is 11.4. The second-order valence-corrected chi connectivity index (χ2v) is 5.31. The van der Waals surface area contributed by atoms with Crippen LogP contribution in [0.1, 0.15) is 16.7 Å². The van der Waals surface area contributed by atoms with E-state index < -0.39 is 0 Å². The first-order chi connectivity index (χ1) is 9.28. The van der Waals surface area contributed by atoms with Crippen LogP contribution in [0.3, 0.4) is 0 Å². The predicted molar refractivity (Wildman–Crippen MR) is 78.6 cm³/mol. The molecular formula is C16H16ClNO. The second kappa shape index (κ2) is 5.24. The zero-order chi connectivity index (χ0) is 13.2. The molecular weight excluding hydrogens is 258 g/mol. The fourth-order valence-electron chi connectivity index (χ4n) is 2.67. The minimum Gasteiger partial charge on any atom is -0.392 e. The van der Waals surface area contributed by atoms with Gasteiger partial charge in [-0.2, -0.15) is 0 Å². The van der Waals surface area contributed by atoms with Gasteiger partial charge < -0.3 is 10.0 Å². The number of anilines is 1. The number of hydrogen-bond acceptors (Lipinski definition) is 2. The van der Waals surface area contributed by atoms with E-state index >= 15 is 0 Å². The molecule has 0 bridgehead atoms. The summed E-state index contributed by atoms with van der Waals surface area (Å²) >= 11 is 6.08. The molecule has 1 aliphatic rings. The third kappa shape index (κ3) is 2.46. The molecule has 19 heavy (non-hydrogen) atoms. The Morgan fingerprint density at radius 3 is 2.68 bits per heavy atom. The van der Waals surface area contributed by atoms with E-state index in [0.717, 1.165) is 30.8 Å². The Morgan fingerprint density at radius 1 is 1.11 bits per heavy atom. The minimum atomic E-state index is 0.0463. The Hall–Kier alpha value is -1.51. The van der Waals surface area contributed by atoms with Gasteiger partial charge in [0, 0.05) is 29.4 Å². The molecule has 0 radical (unpaired) electrons. The monoisotopic (exact) mass is 273 g/mol. The predicted octanol–water partition coefficient (Wildman–Crippen LogP) is 3.40. The van der Waals surface area contributed by atoms with E-state index in [-0.39, 0.29) is 6.61 Å². The molecule has 3 heteroatoms. The van der Waals surface area contributed by atoms with Crippen LogP contribution in [-0.2, 0) is 19.6 Å². The van der Waals surface area contributed by atoms with Crippen LogP contribution in [-0.4, -0.2) is 11.7 Å². The van der Waals surface area contributed by atoms with Crippen LogP contribution in [0.25, 0.3) is 0 Å². The Kier molecular flexibility index (Phi) is 3.45. The van der Waals surface area contributed by atoms with Crippen molar-refractivity contribution in [2.24, 2.45) is 0 Å². The molecule has 3 rings (SSSR count). The van der Waals surface area contributed by atoms with Gasteiger partial charge in [-0.1, -0.05) is 41.9 Å². The number of nitrogens with zero attached hydrogens (tertiary/aromatic N) is 1. The first-order valence-corrected chi connectivity index (χ1v) is 6.87. The summed E-state index contributed by atoms with van der Waals surface area (Å²) in [6.45, 7) is 1.89. The molecule has 2 aromatic rings. The molecule has 2 aromatic carbocycles. The summed E-state index contributed by atoms with van der Waals surface area (Å²) in [5, 5.41) is 10.2. The lowest BCUT2D eigenvalue weighted by atomic mass is 9.99. The topological polar surface area (TPSA) is 23.5 Å². The third-order valence-corrected chi connectivity index (χ3v) is 3.92. The molecule has 0 saturated heterocycles. The van der Waals surface area contributed by atoms with Crippen molar-refractivity contribution in [3.05, 3.63) is 64.2 Å². The normalized spacial score (nSPS) is 14.3. The Morgan fingerprint density at radius 2 is 1.89 bits per heavy atom. The number of fused-ring (bicyclic) bond motifs is 1. The maximum absolute atomic E-state index is 9.47. The number of aliphatic hydroxyl groups is 1. The highest BCUT2D eigenvalue weighted by molar-refractivity contribution is 6.30. The van der Waals surface area contributed by atoms with Crippen molar-refractivity contribution >= 4 is 17.3 Å². The summed E-state index contributed by atoms with van der Waals surface area (Å²) in [5.74, 6) is 0. The van der Waals surface area contributed by atoms with Gasteiger partial charge in [-0.25, -0.2) is 0 Å². The molecule has 0 aromatic heterocycles. The molecule has 0 spiro atoms. The lowest BCUT2D eigenvalue weighted by Gasteiger charge is -2.32. The molecule has 0 unspecified atom stereocenters. The molecule has 0 aliphatic carbocycles. The van der Waals surface area contributed by atoms with Gasteiger partial charge in [-0.3, -0.25) is 0 Å². The van der Waals surface area contributed by atoms with Crippen molar-refractivity contribution in [2.75, 3.05) is 11.4 Å². The van der Waals surface area contributed by atoms with Crippen LogP contribution in [0, 0.1) is 0 Å². The first-order valence-electron chi connectivity index (χ1n) is 6.49. The molecule has 1 heterocycles. The van der Waals surface area contributed by atoms with Gasteiger partial charge in [0.2, 0.25) is 0 Å². The number of hydrogen-bond donors (Lipinski definition) is 1. The molecule has 1 N–H and O–H groups in total. The molecule has 0 atom stereocenters. The van der Waals surface area contributed by atoms with Crippen LogP contribution >= 0.6 is 11.6 Å². The van der Waals surface area contributed by atoms with Crippen molar-refractivity contribution in [2.45, 2.75) is 19.6 Å². The van der Waals surface area contributed by atoms with E-state index in [0.29, 0.717) is 5.02 Å². The number of rotatable bonds is 2. The quantitative estimate of drug-likeness (QED) is 0.907. The Labute approximate surface area is 118 Å². The van der Waals surface area contributed by atoms with Crippen LogP contribution < -0.4 is 4.90 Å². The lowest BCUT2D eigenvalue weighted by molar-refractivity contribution is 0.282. The maximum atomic E-state index is 9.47. The van der Waals surface area contributed by atoms with Crippen molar-refractivity contribution in [1.29, 1.82) is 0 Å². The number of benzene rings is 2. The third-order valence-electron chi connectivity index (χ3n) is 3.69. The molecule has 0 amide bonds. The van der Waals surface area contributed by atoms with Crippen molar-refractivity contribution in [3.63, 3.8) is 0 Å². The van der Waals surface area contributed by atoms with Crippen LogP contribution in [0.2, 0.25) is 5.02 Å². The highest BCUT2D eigenvalue weighted by Crippen LogP contribution is 2.29. The average molecular weight is 274 g/mol. The van der Waals surface area contributed by atoms with Crippen molar-refractivity contribution in [3.8, 4) is 0 Å². The van der Waals surface area contributed by atoms with E-state index in [9.17, 15) is 5.11 Å². The number of halogens is 1. The largest absolute Gasteiger partial charge is 0.392 e. The summed E-state index contributed by atoms with van der Waals surface area (Å²) < 4.78 is 0. The SMILES string of the molecule is OCc1ccc(Cl)cc1N1CCc2ccccc2C1. The lowest BCUT2D eigenvalue weighted by Crippen LogP contribution is -2.31. The minimum absolute atomic E-state index is 0.0463. The Balaban J connectivity index is 1.95. The average Bonchev–Trinajstić information content (AvgIpc) is 2.46. The van der Waals surface area contributed by atoms with Gasteiger partial charge in [0.15, 0.2) is 0 Å². The smallest absolute Gasteiger partial charge is 0.0702 e. The number of aliphatic hydroxyl groups excluding tert-OH is 1. The van der Waals surface area contributed by atoms with E-state index in [1.807, 2.05) is 18.2 Å². The maximum Gasteiger partial charge on any atom is 0.0702 e. The summed E-state index contributed by atoms with van der Waals surface area (Å²) in [5.41, 5.74) is 4.76. The standard InChI is InChI=1S/C16H16ClNO/c17-15-6-5-14(11-19)16(9-15)18-8-7-12-3-1-2-4-13(12)10-18/h1-6,9,19H,7-8,10-11H2. The van der Waals surface area contributed by atoms with Gasteiger partial charge in [-0.15, -0.1) is 0 Å². The van der Waals surface area contributed by atoms with E-state index in [1.165, 1.54) is 11.1 Å².